The van der Waals surface area contributed by atoms with Crippen molar-refractivity contribution in [3.8, 4) is 0 Å². The summed E-state index contributed by atoms with van der Waals surface area (Å²) in [6.45, 7) is 3.49. The molecule has 3 aliphatic rings. The summed E-state index contributed by atoms with van der Waals surface area (Å²) in [6, 6.07) is 26.5. The van der Waals surface area contributed by atoms with Gasteiger partial charge in [-0.15, -0.1) is 11.8 Å². The van der Waals surface area contributed by atoms with Gasteiger partial charge in [0.05, 0.1) is 4.90 Å². The van der Waals surface area contributed by atoms with Crippen molar-refractivity contribution in [1.82, 2.24) is 25.3 Å². The second-order valence-corrected chi connectivity index (χ2v) is 17.3. The van der Waals surface area contributed by atoms with Gasteiger partial charge in [-0.3, -0.25) is 33.5 Å². The van der Waals surface area contributed by atoms with Gasteiger partial charge in [0.2, 0.25) is 5.91 Å². The molecule has 0 bridgehead atoms. The number of hydrogen-bond donors (Lipinski definition) is 5. The molecule has 3 aliphatic heterocycles. The second-order valence-electron chi connectivity index (χ2n) is 14.7. The molecule has 7 amide bonds. The number of anilines is 1. The third kappa shape index (κ3) is 11.1. The Balaban J connectivity index is 0.000000557. The van der Waals surface area contributed by atoms with E-state index in [0.29, 0.717) is 16.8 Å². The van der Waals surface area contributed by atoms with Gasteiger partial charge in [-0.05, 0) is 54.8 Å². The first-order chi connectivity index (χ1) is 31.0. The summed E-state index contributed by atoms with van der Waals surface area (Å²) >= 11 is 1.20. The number of imide groups is 1. The van der Waals surface area contributed by atoms with Crippen LogP contribution in [-0.4, -0.2) is 113 Å². The van der Waals surface area contributed by atoms with Crippen LogP contribution >= 0.6 is 11.8 Å². The number of urea groups is 1. The fourth-order valence-electron chi connectivity index (χ4n) is 7.00. The lowest BCUT2D eigenvalue weighted by Crippen LogP contribution is -2.71. The number of nitrogens with zero attached hydrogens (tertiary/aromatic N) is 3. The molecule has 340 valence electrons. The van der Waals surface area contributed by atoms with Gasteiger partial charge in [-0.2, -0.15) is 8.42 Å². The van der Waals surface area contributed by atoms with Crippen LogP contribution in [-0.2, 0) is 43.6 Å². The van der Waals surface area contributed by atoms with Crippen LogP contribution in [0.25, 0.3) is 0 Å². The fraction of sp³-hybridized carbons (Fsp3) is 0.250. The molecule has 21 heteroatoms. The van der Waals surface area contributed by atoms with Gasteiger partial charge >= 0.3 is 29.9 Å². The van der Waals surface area contributed by atoms with Crippen LogP contribution in [0.4, 0.5) is 15.3 Å². The number of rotatable bonds is 12. The van der Waals surface area contributed by atoms with Gasteiger partial charge in [0.15, 0.2) is 6.10 Å². The maximum absolute atomic E-state index is 14.1. The van der Waals surface area contributed by atoms with Crippen LogP contribution in [0.15, 0.2) is 125 Å². The molecule has 2 fully saturated rings. The van der Waals surface area contributed by atoms with Crippen LogP contribution in [0.1, 0.15) is 41.3 Å². The molecule has 0 spiro atoms. The molecule has 0 aromatic heterocycles. The van der Waals surface area contributed by atoms with E-state index in [0.717, 1.165) is 10.5 Å². The molecule has 0 saturated carbocycles. The molecule has 0 aliphatic carbocycles. The smallest absolute Gasteiger partial charge is 0.404 e. The van der Waals surface area contributed by atoms with Crippen molar-refractivity contribution in [3.63, 3.8) is 0 Å². The molecule has 3 heterocycles. The highest BCUT2D eigenvalue weighted by Gasteiger charge is 2.55. The molecule has 4 aromatic rings. The molecule has 2 saturated heterocycles. The number of piperazine rings is 1. The quantitative estimate of drug-likeness (QED) is 0.0449. The van der Waals surface area contributed by atoms with Crippen molar-refractivity contribution in [3.05, 3.63) is 143 Å². The summed E-state index contributed by atoms with van der Waals surface area (Å²) in [6.07, 6.45) is -1.94. The number of hydrogen-bond acceptors (Lipinski definition) is 13. The monoisotopic (exact) mass is 927 g/mol. The van der Waals surface area contributed by atoms with Gasteiger partial charge in [0.1, 0.15) is 29.8 Å². The maximum atomic E-state index is 14.1. The van der Waals surface area contributed by atoms with Crippen molar-refractivity contribution in [2.45, 2.75) is 42.3 Å². The molecule has 7 rings (SSSR count). The number of primary amides is 1. The minimum Gasteiger partial charge on any atom is -0.448 e. The number of amides is 7. The first kappa shape index (κ1) is 47.3. The van der Waals surface area contributed by atoms with E-state index in [1.165, 1.54) is 58.0 Å². The zero-order chi connectivity index (χ0) is 47.0. The van der Waals surface area contributed by atoms with E-state index in [9.17, 15) is 42.0 Å². The van der Waals surface area contributed by atoms with Gasteiger partial charge < -0.3 is 36.5 Å². The summed E-state index contributed by atoms with van der Waals surface area (Å²) in [7, 11) is -4.02. The number of nitrogens with two attached hydrogens (primary N) is 2. The summed E-state index contributed by atoms with van der Waals surface area (Å²) in [5.41, 5.74) is 14.2. The largest absolute Gasteiger partial charge is 0.448 e. The van der Waals surface area contributed by atoms with E-state index in [-0.39, 0.29) is 53.7 Å². The molecule has 0 unspecified atom stereocenters. The minimum absolute atomic E-state index is 0.0666. The molecular formula is C44H45N7O12S2. The number of fused-ring (bicyclic) bond motifs is 1. The van der Waals surface area contributed by atoms with Crippen molar-refractivity contribution in [2.24, 2.45) is 5.73 Å². The second kappa shape index (κ2) is 20.5. The fourth-order valence-corrected chi connectivity index (χ4v) is 8.80. The lowest BCUT2D eigenvalue weighted by molar-refractivity contribution is -0.155. The standard InChI is InChI=1S/C37H37N7O9S.C7H8O3S/c1-2-42-17-18-43(33(48)32(42)47)37(51)41-26(21-13-15-25(38)16-14-21)30(45)40-27-31(46)44-28(24(19-52-36(39)50)20-54-34(27)44)35(49)53-29(22-9-5-3-6-10-22)23-11-7-4-8-12-23;1-6-2-4-7(5-3-6)11(8,9)10/h3-16,26-27,29,34H,2,17-20,38H2,1H3,(H2,39,50)(H,40,45)(H,41,51);2-5H,1H3,(H,8,9,10)/t26-,27+,34+;/m0./s1. The van der Waals surface area contributed by atoms with Gasteiger partial charge in [-0.1, -0.05) is 90.5 Å². The molecule has 4 aromatic carbocycles. The van der Waals surface area contributed by atoms with Crippen LogP contribution in [0.2, 0.25) is 0 Å². The van der Waals surface area contributed by atoms with Crippen LogP contribution in [0, 0.1) is 6.92 Å². The number of aryl methyl sites for hydroxylation is 1. The predicted octanol–water partition coefficient (Wildman–Crippen LogP) is 3.03. The van der Waals surface area contributed by atoms with Crippen LogP contribution in [0.5, 0.6) is 0 Å². The van der Waals surface area contributed by atoms with E-state index < -0.39 is 75.4 Å². The number of thioether (sulfide) groups is 1. The Labute approximate surface area is 377 Å². The third-order valence-corrected chi connectivity index (χ3v) is 12.6. The summed E-state index contributed by atoms with van der Waals surface area (Å²) < 4.78 is 40.7. The Hall–Kier alpha value is -7.23. The van der Waals surface area contributed by atoms with Gasteiger partial charge in [0, 0.05) is 36.6 Å². The number of likely N-dealkylation sites (N-methyl/N-ethyl adjacent to an activating group) is 1. The average Bonchev–Trinajstić information content (AvgIpc) is 3.29. The molecule has 19 nitrogen and oxygen atoms in total. The maximum Gasteiger partial charge on any atom is 0.404 e. The number of nitrogens with one attached hydrogen (secondary N) is 2. The Morgan fingerprint density at radius 1 is 0.846 bits per heavy atom. The summed E-state index contributed by atoms with van der Waals surface area (Å²) in [5, 5.41) is 4.42. The zero-order valence-corrected chi connectivity index (χ0v) is 36.6. The number of carbonyl (C=O) groups excluding carboxylic acids is 7. The Bertz CT molecular complexity index is 2560. The average molecular weight is 928 g/mol. The SMILES string of the molecule is CCN1CCN(C(=O)N[C@H](C(=O)N[C@@H]2C(=O)N3C(C(=O)OC(c4ccccc4)c4ccccc4)=C(COC(N)=O)CS[C@H]23)c2ccc(N)cc2)C(=O)C1=O.Cc1ccc(S(=O)(=O)O)cc1. The van der Waals surface area contributed by atoms with E-state index in [1.54, 1.807) is 67.6 Å². The molecule has 0 radical (unpaired) electrons. The number of nitrogen functional groups attached to an aromatic ring is 1. The van der Waals surface area contributed by atoms with Gasteiger partial charge in [-0.25, -0.2) is 14.4 Å². The third-order valence-electron chi connectivity index (χ3n) is 10.4. The lowest BCUT2D eigenvalue weighted by atomic mass is 10.00. The number of carbonyl (C=O) groups is 7. The highest BCUT2D eigenvalue weighted by atomic mass is 32.2. The number of benzene rings is 4. The topological polar surface area (TPSA) is 278 Å². The van der Waals surface area contributed by atoms with Crippen molar-refractivity contribution < 1.29 is 56.0 Å². The molecule has 3 atom stereocenters. The predicted molar refractivity (Wildman–Crippen MR) is 235 cm³/mol. The first-order valence-corrected chi connectivity index (χ1v) is 22.5. The number of ether oxygens (including phenoxy) is 2. The van der Waals surface area contributed by atoms with Gasteiger partial charge in [0.25, 0.3) is 16.0 Å². The number of esters is 1. The van der Waals surface area contributed by atoms with Crippen LogP contribution < -0.4 is 22.1 Å². The van der Waals surface area contributed by atoms with Crippen molar-refractivity contribution in [1.29, 1.82) is 0 Å². The minimum atomic E-state index is -4.02. The molecular weight excluding hydrogens is 883 g/mol. The lowest BCUT2D eigenvalue weighted by Gasteiger charge is -2.50. The Morgan fingerprint density at radius 3 is 2.00 bits per heavy atom. The summed E-state index contributed by atoms with van der Waals surface area (Å²) in [5.74, 6) is -4.11. The van der Waals surface area contributed by atoms with E-state index >= 15 is 0 Å². The van der Waals surface area contributed by atoms with E-state index in [1.807, 2.05) is 19.1 Å². The molecule has 7 N–H and O–H groups in total. The van der Waals surface area contributed by atoms with E-state index in [2.05, 4.69) is 10.6 Å². The van der Waals surface area contributed by atoms with Crippen molar-refractivity contribution >= 4 is 69.3 Å². The van der Waals surface area contributed by atoms with E-state index in [4.69, 9.17) is 25.5 Å². The Morgan fingerprint density at radius 2 is 1.45 bits per heavy atom. The molecule has 65 heavy (non-hydrogen) atoms. The zero-order valence-electron chi connectivity index (χ0n) is 35.0. The summed E-state index contributed by atoms with van der Waals surface area (Å²) in [4.78, 5) is 95.2. The van der Waals surface area contributed by atoms with Crippen molar-refractivity contribution in [2.75, 3.05) is 37.7 Å². The number of β-lactam (4-membered cyclic amide) rings is 1. The Kier molecular flexibility index (Phi) is 14.9. The highest BCUT2D eigenvalue weighted by Crippen LogP contribution is 2.42. The first-order valence-electron chi connectivity index (χ1n) is 20.0. The van der Waals surface area contributed by atoms with Crippen LogP contribution in [0.3, 0.4) is 0 Å². The highest BCUT2D eigenvalue weighted by molar-refractivity contribution is 8.00. The normalized spacial score (nSPS) is 17.5.